The lowest BCUT2D eigenvalue weighted by Crippen LogP contribution is -2.34. The van der Waals surface area contributed by atoms with E-state index in [0.29, 0.717) is 17.7 Å². The third kappa shape index (κ3) is 3.92. The number of rotatable bonds is 5. The van der Waals surface area contributed by atoms with Gasteiger partial charge < -0.3 is 10.2 Å². The van der Waals surface area contributed by atoms with Crippen LogP contribution in [0.1, 0.15) is 27.5 Å². The number of carbonyl (C=O) groups excluding carboxylic acids is 1. The van der Waals surface area contributed by atoms with Crippen molar-refractivity contribution in [2.75, 3.05) is 20.6 Å². The van der Waals surface area contributed by atoms with E-state index in [0.717, 1.165) is 5.56 Å². The minimum absolute atomic E-state index is 0.0699. The van der Waals surface area contributed by atoms with E-state index in [1.165, 1.54) is 6.07 Å². The number of halogens is 1. The summed E-state index contributed by atoms with van der Waals surface area (Å²) in [4.78, 5) is 14.2. The number of benzene rings is 2. The van der Waals surface area contributed by atoms with Crippen LogP contribution in [0, 0.1) is 12.7 Å². The van der Waals surface area contributed by atoms with Gasteiger partial charge in [-0.2, -0.15) is 0 Å². The van der Waals surface area contributed by atoms with Crippen LogP contribution in [0.2, 0.25) is 0 Å². The van der Waals surface area contributed by atoms with E-state index in [1.54, 1.807) is 19.1 Å². The quantitative estimate of drug-likeness (QED) is 0.920. The Morgan fingerprint density at radius 3 is 2.45 bits per heavy atom. The van der Waals surface area contributed by atoms with Crippen LogP contribution < -0.4 is 5.32 Å². The number of likely N-dealkylation sites (N-methyl/N-ethyl adjacent to an activating group) is 1. The normalized spacial score (nSPS) is 12.2. The van der Waals surface area contributed by atoms with Gasteiger partial charge in [0.1, 0.15) is 5.82 Å². The van der Waals surface area contributed by atoms with Crippen molar-refractivity contribution < 1.29 is 9.18 Å². The van der Waals surface area contributed by atoms with Gasteiger partial charge in [0.15, 0.2) is 0 Å². The smallest absolute Gasteiger partial charge is 0.251 e. The highest BCUT2D eigenvalue weighted by atomic mass is 19.1. The van der Waals surface area contributed by atoms with Crippen molar-refractivity contribution in [2.45, 2.75) is 13.0 Å². The Labute approximate surface area is 130 Å². The van der Waals surface area contributed by atoms with E-state index in [1.807, 2.05) is 49.3 Å². The van der Waals surface area contributed by atoms with Crippen molar-refractivity contribution in [3.63, 3.8) is 0 Å². The molecule has 1 N–H and O–H groups in total. The summed E-state index contributed by atoms with van der Waals surface area (Å²) in [6, 6.07) is 14.6. The molecule has 0 saturated heterocycles. The molecule has 22 heavy (non-hydrogen) atoms. The highest BCUT2D eigenvalue weighted by molar-refractivity contribution is 5.94. The molecule has 0 fully saturated rings. The summed E-state index contributed by atoms with van der Waals surface area (Å²) in [7, 11) is 3.94. The lowest BCUT2D eigenvalue weighted by atomic mass is 10.1. The Morgan fingerprint density at radius 2 is 1.86 bits per heavy atom. The Kier molecular flexibility index (Phi) is 5.28. The predicted molar refractivity (Wildman–Crippen MR) is 86.3 cm³/mol. The number of nitrogens with one attached hydrogen (secondary N) is 1. The Hall–Kier alpha value is -2.20. The lowest BCUT2D eigenvalue weighted by Gasteiger charge is -2.25. The van der Waals surface area contributed by atoms with Crippen LogP contribution in [-0.4, -0.2) is 31.4 Å². The third-order valence-corrected chi connectivity index (χ3v) is 3.70. The fourth-order valence-electron chi connectivity index (χ4n) is 2.30. The van der Waals surface area contributed by atoms with Crippen LogP contribution >= 0.6 is 0 Å². The molecular formula is C18H21FN2O. The number of hydrogen-bond acceptors (Lipinski definition) is 2. The molecule has 0 saturated carbocycles. The Balaban J connectivity index is 2.06. The van der Waals surface area contributed by atoms with E-state index in [2.05, 4.69) is 5.32 Å². The zero-order valence-corrected chi connectivity index (χ0v) is 13.1. The van der Waals surface area contributed by atoms with Crippen LogP contribution in [0.5, 0.6) is 0 Å². The first-order valence-electron chi connectivity index (χ1n) is 7.24. The van der Waals surface area contributed by atoms with Crippen LogP contribution in [0.4, 0.5) is 4.39 Å². The summed E-state index contributed by atoms with van der Waals surface area (Å²) in [6.45, 7) is 2.14. The SMILES string of the molecule is Cc1ccc(C(=O)NCC(c2ccccc2)N(C)C)cc1F. The molecule has 2 rings (SSSR count). The van der Waals surface area contributed by atoms with Gasteiger partial charge in [-0.25, -0.2) is 4.39 Å². The second-order valence-corrected chi connectivity index (χ2v) is 5.56. The van der Waals surface area contributed by atoms with Gasteiger partial charge in [0.25, 0.3) is 5.91 Å². The van der Waals surface area contributed by atoms with Crippen molar-refractivity contribution in [2.24, 2.45) is 0 Å². The van der Waals surface area contributed by atoms with Gasteiger partial charge in [-0.3, -0.25) is 4.79 Å². The number of amides is 1. The van der Waals surface area contributed by atoms with Gasteiger partial charge >= 0.3 is 0 Å². The molecule has 1 atom stereocenters. The highest BCUT2D eigenvalue weighted by Crippen LogP contribution is 2.17. The molecule has 1 unspecified atom stereocenters. The summed E-state index contributed by atoms with van der Waals surface area (Å²) >= 11 is 0. The Bertz CT molecular complexity index is 641. The first-order chi connectivity index (χ1) is 10.5. The molecule has 2 aromatic rings. The van der Waals surface area contributed by atoms with Crippen molar-refractivity contribution in [1.29, 1.82) is 0 Å². The zero-order chi connectivity index (χ0) is 16.1. The summed E-state index contributed by atoms with van der Waals surface area (Å²) < 4.78 is 13.5. The molecule has 0 spiro atoms. The van der Waals surface area contributed by atoms with Gasteiger partial charge in [-0.05, 0) is 44.3 Å². The largest absolute Gasteiger partial charge is 0.350 e. The maximum atomic E-state index is 13.5. The second-order valence-electron chi connectivity index (χ2n) is 5.56. The van der Waals surface area contributed by atoms with E-state index >= 15 is 0 Å². The fraction of sp³-hybridized carbons (Fsp3) is 0.278. The molecule has 0 aliphatic heterocycles. The maximum absolute atomic E-state index is 13.5. The summed E-state index contributed by atoms with van der Waals surface area (Å²) in [5.41, 5.74) is 2.00. The standard InChI is InChI=1S/C18H21FN2O/c1-13-9-10-15(11-16(13)19)18(22)20-12-17(21(2)3)14-7-5-4-6-8-14/h4-11,17H,12H2,1-3H3,(H,20,22). The first-order valence-corrected chi connectivity index (χ1v) is 7.24. The third-order valence-electron chi connectivity index (χ3n) is 3.70. The van der Waals surface area contributed by atoms with Crippen LogP contribution in [-0.2, 0) is 0 Å². The summed E-state index contributed by atoms with van der Waals surface area (Å²) in [5.74, 6) is -0.624. The van der Waals surface area contributed by atoms with Crippen molar-refractivity contribution >= 4 is 5.91 Å². The molecule has 4 heteroatoms. The van der Waals surface area contributed by atoms with E-state index in [-0.39, 0.29) is 17.8 Å². The summed E-state index contributed by atoms with van der Waals surface area (Å²) in [5, 5.41) is 2.88. The van der Waals surface area contributed by atoms with Crippen molar-refractivity contribution in [3.05, 3.63) is 71.0 Å². The molecule has 0 aliphatic rings. The zero-order valence-electron chi connectivity index (χ0n) is 13.1. The van der Waals surface area contributed by atoms with E-state index < -0.39 is 0 Å². The van der Waals surface area contributed by atoms with Crippen molar-refractivity contribution in [3.8, 4) is 0 Å². The highest BCUT2D eigenvalue weighted by Gasteiger charge is 2.16. The van der Waals surface area contributed by atoms with E-state index in [4.69, 9.17) is 0 Å². The number of hydrogen-bond donors (Lipinski definition) is 1. The Morgan fingerprint density at radius 1 is 1.18 bits per heavy atom. The minimum Gasteiger partial charge on any atom is -0.350 e. The maximum Gasteiger partial charge on any atom is 0.251 e. The molecule has 116 valence electrons. The molecular weight excluding hydrogens is 279 g/mol. The molecule has 0 radical (unpaired) electrons. The van der Waals surface area contributed by atoms with Gasteiger partial charge in [0, 0.05) is 12.1 Å². The number of nitrogens with zero attached hydrogens (tertiary/aromatic N) is 1. The van der Waals surface area contributed by atoms with Gasteiger partial charge in [-0.15, -0.1) is 0 Å². The average molecular weight is 300 g/mol. The molecule has 0 aromatic heterocycles. The first kappa shape index (κ1) is 16.2. The van der Waals surface area contributed by atoms with Gasteiger partial charge in [-0.1, -0.05) is 36.4 Å². The monoisotopic (exact) mass is 300 g/mol. The molecule has 2 aromatic carbocycles. The topological polar surface area (TPSA) is 32.3 Å². The van der Waals surface area contributed by atoms with E-state index in [9.17, 15) is 9.18 Å². The lowest BCUT2D eigenvalue weighted by molar-refractivity contribution is 0.0941. The second kappa shape index (κ2) is 7.18. The van der Waals surface area contributed by atoms with Crippen LogP contribution in [0.15, 0.2) is 48.5 Å². The predicted octanol–water partition coefficient (Wildman–Crippen LogP) is 3.17. The minimum atomic E-state index is -0.361. The van der Waals surface area contributed by atoms with Gasteiger partial charge in [0.05, 0.1) is 6.04 Å². The molecule has 0 bridgehead atoms. The van der Waals surface area contributed by atoms with Gasteiger partial charge in [0.2, 0.25) is 0 Å². The molecule has 1 amide bonds. The molecule has 3 nitrogen and oxygen atoms in total. The average Bonchev–Trinajstić information content (AvgIpc) is 2.50. The fourth-order valence-corrected chi connectivity index (χ4v) is 2.30. The van der Waals surface area contributed by atoms with Crippen LogP contribution in [0.25, 0.3) is 0 Å². The van der Waals surface area contributed by atoms with Crippen LogP contribution in [0.3, 0.4) is 0 Å². The molecule has 0 heterocycles. The number of aryl methyl sites for hydroxylation is 1. The van der Waals surface area contributed by atoms with Crippen molar-refractivity contribution in [1.82, 2.24) is 10.2 Å². The molecule has 0 aliphatic carbocycles. The number of carbonyl (C=O) groups is 1. The summed E-state index contributed by atoms with van der Waals surface area (Å²) in [6.07, 6.45) is 0.